The number of hydrogen-bond donors (Lipinski definition) is 1. The third kappa shape index (κ3) is 2.97. The van der Waals surface area contributed by atoms with E-state index in [1.54, 1.807) is 6.07 Å². The van der Waals surface area contributed by atoms with E-state index in [0.29, 0.717) is 0 Å². The molecule has 0 saturated carbocycles. The minimum Gasteiger partial charge on any atom is -0.364 e. The van der Waals surface area contributed by atoms with Crippen LogP contribution in [0.2, 0.25) is 0 Å². The molecule has 1 aliphatic heterocycles. The zero-order chi connectivity index (χ0) is 14.8. The number of fused-ring (bicyclic) bond motifs is 1. The fourth-order valence-electron chi connectivity index (χ4n) is 2.93. The summed E-state index contributed by atoms with van der Waals surface area (Å²) in [6, 6.07) is 7.98. The first-order chi connectivity index (χ1) is 10.2. The van der Waals surface area contributed by atoms with Crippen molar-refractivity contribution in [2.45, 2.75) is 32.9 Å². The van der Waals surface area contributed by atoms with Gasteiger partial charge in [0.1, 0.15) is 5.82 Å². The smallest absolute Gasteiger partial charge is 0.146 e. The van der Waals surface area contributed by atoms with Crippen LogP contribution in [0.3, 0.4) is 0 Å². The molecule has 0 spiro atoms. The van der Waals surface area contributed by atoms with E-state index in [1.165, 1.54) is 10.4 Å². The van der Waals surface area contributed by atoms with Crippen molar-refractivity contribution in [2.24, 2.45) is 0 Å². The van der Waals surface area contributed by atoms with Gasteiger partial charge in [0.15, 0.2) is 0 Å². The van der Waals surface area contributed by atoms with Crippen LogP contribution in [0, 0.1) is 5.82 Å². The van der Waals surface area contributed by atoms with E-state index in [9.17, 15) is 4.39 Å². The van der Waals surface area contributed by atoms with Gasteiger partial charge >= 0.3 is 0 Å². The second-order valence-electron chi connectivity index (χ2n) is 5.53. The number of thiophene rings is 1. The molecule has 0 bridgehead atoms. The van der Waals surface area contributed by atoms with Crippen LogP contribution < -0.4 is 10.2 Å². The van der Waals surface area contributed by atoms with Crippen LogP contribution in [0.4, 0.5) is 10.1 Å². The molecule has 2 nitrogen and oxygen atoms in total. The molecule has 0 amide bonds. The van der Waals surface area contributed by atoms with Gasteiger partial charge < -0.3 is 10.2 Å². The summed E-state index contributed by atoms with van der Waals surface area (Å²) in [6.07, 6.45) is 1.02. The lowest BCUT2D eigenvalue weighted by Gasteiger charge is -2.29. The molecule has 1 aromatic heterocycles. The lowest BCUT2D eigenvalue weighted by Crippen LogP contribution is -2.30. The summed E-state index contributed by atoms with van der Waals surface area (Å²) >= 11 is 1.81. The molecule has 2 aromatic rings. The van der Waals surface area contributed by atoms with Gasteiger partial charge in [-0.15, -0.1) is 11.3 Å². The zero-order valence-electron chi connectivity index (χ0n) is 12.5. The molecule has 3 rings (SSSR count). The molecule has 0 radical (unpaired) electrons. The van der Waals surface area contributed by atoms with Crippen molar-refractivity contribution in [3.63, 3.8) is 0 Å². The lowest BCUT2D eigenvalue weighted by molar-refractivity contribution is 0.578. The summed E-state index contributed by atoms with van der Waals surface area (Å²) in [5.74, 6) is -0.115. The summed E-state index contributed by atoms with van der Waals surface area (Å²) in [6.45, 7) is 6.73. The molecule has 1 aromatic carbocycles. The van der Waals surface area contributed by atoms with Gasteiger partial charge in [-0.05, 0) is 54.6 Å². The fourth-order valence-corrected chi connectivity index (χ4v) is 3.82. The number of anilines is 1. The van der Waals surface area contributed by atoms with E-state index in [0.717, 1.165) is 37.3 Å². The van der Waals surface area contributed by atoms with Crippen LogP contribution in [0.5, 0.6) is 0 Å². The second kappa shape index (κ2) is 6.16. The minimum absolute atomic E-state index is 0.115. The van der Waals surface area contributed by atoms with Crippen LogP contribution >= 0.6 is 11.3 Å². The van der Waals surface area contributed by atoms with Crippen molar-refractivity contribution in [1.82, 2.24) is 5.32 Å². The number of nitrogens with one attached hydrogen (secondary N) is 1. The molecule has 0 saturated heterocycles. The maximum absolute atomic E-state index is 14.5. The largest absolute Gasteiger partial charge is 0.364 e. The van der Waals surface area contributed by atoms with E-state index in [-0.39, 0.29) is 11.9 Å². The Kier molecular flexibility index (Phi) is 4.27. The van der Waals surface area contributed by atoms with E-state index in [4.69, 9.17) is 0 Å². The molecule has 1 aliphatic rings. The first-order valence-corrected chi connectivity index (χ1v) is 8.40. The predicted octanol–water partition coefficient (Wildman–Crippen LogP) is 4.12. The quantitative estimate of drug-likeness (QED) is 0.914. The normalized spacial score (nSPS) is 15.9. The molecule has 21 heavy (non-hydrogen) atoms. The molecule has 1 N–H and O–H groups in total. The van der Waals surface area contributed by atoms with Crippen LogP contribution in [-0.4, -0.2) is 13.1 Å². The first-order valence-electron chi connectivity index (χ1n) is 7.52. The molecule has 2 heterocycles. The Bertz CT molecular complexity index is 623. The summed E-state index contributed by atoms with van der Waals surface area (Å²) in [5, 5.41) is 5.45. The van der Waals surface area contributed by atoms with Gasteiger partial charge in [-0.3, -0.25) is 0 Å². The predicted molar refractivity (Wildman–Crippen MR) is 87.6 cm³/mol. The zero-order valence-corrected chi connectivity index (χ0v) is 13.3. The van der Waals surface area contributed by atoms with Crippen LogP contribution in [0.1, 0.15) is 35.9 Å². The second-order valence-corrected chi connectivity index (χ2v) is 6.53. The Balaban J connectivity index is 1.80. The number of rotatable bonds is 4. The molecule has 4 heteroatoms. The van der Waals surface area contributed by atoms with Crippen molar-refractivity contribution < 1.29 is 4.39 Å². The number of nitrogens with zero attached hydrogens (tertiary/aromatic N) is 1. The van der Waals surface area contributed by atoms with Gasteiger partial charge in [0.2, 0.25) is 0 Å². The van der Waals surface area contributed by atoms with Crippen LogP contribution in [0.15, 0.2) is 29.6 Å². The van der Waals surface area contributed by atoms with Gasteiger partial charge in [0.25, 0.3) is 0 Å². The molecular weight excluding hydrogens is 283 g/mol. The highest BCUT2D eigenvalue weighted by atomic mass is 32.1. The standard InChI is InChI=1S/C17H21FN2S/c1-3-19-12(2)13-4-5-16(15(18)10-13)20-8-6-17-14(11-20)7-9-21-17/h4-5,7,9-10,12,19H,3,6,8,11H2,1-2H3. The summed E-state index contributed by atoms with van der Waals surface area (Å²) in [4.78, 5) is 3.59. The van der Waals surface area contributed by atoms with Gasteiger partial charge in [0, 0.05) is 24.0 Å². The maximum Gasteiger partial charge on any atom is 0.146 e. The van der Waals surface area contributed by atoms with Crippen LogP contribution in [0.25, 0.3) is 0 Å². The Labute approximate surface area is 129 Å². The molecule has 1 atom stereocenters. The molecular formula is C17H21FN2S. The van der Waals surface area contributed by atoms with Gasteiger partial charge in [-0.25, -0.2) is 4.39 Å². The third-order valence-corrected chi connectivity index (χ3v) is 5.15. The van der Waals surface area contributed by atoms with Crippen molar-refractivity contribution in [3.8, 4) is 0 Å². The first kappa shape index (κ1) is 14.5. The monoisotopic (exact) mass is 304 g/mol. The molecule has 0 fully saturated rings. The Hall–Kier alpha value is -1.39. The van der Waals surface area contributed by atoms with Crippen molar-refractivity contribution >= 4 is 17.0 Å². The van der Waals surface area contributed by atoms with Crippen molar-refractivity contribution in [3.05, 3.63) is 51.5 Å². The highest BCUT2D eigenvalue weighted by Crippen LogP contribution is 2.30. The summed E-state index contributed by atoms with van der Waals surface area (Å²) in [7, 11) is 0. The fraction of sp³-hybridized carbons (Fsp3) is 0.412. The Morgan fingerprint density at radius 1 is 1.38 bits per heavy atom. The molecule has 0 aliphatic carbocycles. The van der Waals surface area contributed by atoms with E-state index >= 15 is 0 Å². The van der Waals surface area contributed by atoms with Gasteiger partial charge in [0.05, 0.1) is 5.69 Å². The number of hydrogen-bond acceptors (Lipinski definition) is 3. The summed E-state index contributed by atoms with van der Waals surface area (Å²) < 4.78 is 14.5. The average Bonchev–Trinajstić information content (AvgIpc) is 2.94. The molecule has 112 valence electrons. The topological polar surface area (TPSA) is 15.3 Å². The minimum atomic E-state index is -0.115. The number of halogens is 1. The van der Waals surface area contributed by atoms with Crippen molar-refractivity contribution in [1.29, 1.82) is 0 Å². The van der Waals surface area contributed by atoms with Gasteiger partial charge in [-0.2, -0.15) is 0 Å². The average molecular weight is 304 g/mol. The summed E-state index contributed by atoms with van der Waals surface area (Å²) in [5.41, 5.74) is 3.07. The molecule has 1 unspecified atom stereocenters. The lowest BCUT2D eigenvalue weighted by atomic mass is 10.1. The highest BCUT2D eigenvalue weighted by Gasteiger charge is 2.20. The Morgan fingerprint density at radius 2 is 2.24 bits per heavy atom. The van der Waals surface area contributed by atoms with E-state index in [2.05, 4.69) is 35.5 Å². The highest BCUT2D eigenvalue weighted by molar-refractivity contribution is 7.10. The Morgan fingerprint density at radius 3 is 3.00 bits per heavy atom. The maximum atomic E-state index is 14.5. The number of benzene rings is 1. The third-order valence-electron chi connectivity index (χ3n) is 4.13. The van der Waals surface area contributed by atoms with Crippen LogP contribution in [-0.2, 0) is 13.0 Å². The SMILES string of the molecule is CCNC(C)c1ccc(N2CCc3sccc3C2)c(F)c1. The van der Waals surface area contributed by atoms with Crippen molar-refractivity contribution in [2.75, 3.05) is 18.0 Å². The van der Waals surface area contributed by atoms with E-state index < -0.39 is 0 Å². The van der Waals surface area contributed by atoms with Gasteiger partial charge in [-0.1, -0.05) is 13.0 Å². The van der Waals surface area contributed by atoms with E-state index in [1.807, 2.05) is 23.5 Å².